The Kier molecular flexibility index (Phi) is 4.37. The van der Waals surface area contributed by atoms with Gasteiger partial charge in [0, 0.05) is 18.8 Å². The summed E-state index contributed by atoms with van der Waals surface area (Å²) in [6.45, 7) is 4.37. The molecular formula is C14H23N3. The molecule has 1 aliphatic rings. The van der Waals surface area contributed by atoms with Crippen molar-refractivity contribution in [2.75, 3.05) is 25.5 Å². The molecule has 0 bridgehead atoms. The van der Waals surface area contributed by atoms with Crippen molar-refractivity contribution in [2.24, 2.45) is 0 Å². The monoisotopic (exact) mass is 233 g/mol. The molecule has 0 aromatic carbocycles. The van der Waals surface area contributed by atoms with Crippen LogP contribution >= 0.6 is 0 Å². The molecule has 17 heavy (non-hydrogen) atoms. The minimum Gasteiger partial charge on any atom is -0.370 e. The molecule has 1 aromatic rings. The Labute approximate surface area is 104 Å². The summed E-state index contributed by atoms with van der Waals surface area (Å²) < 4.78 is 0. The van der Waals surface area contributed by atoms with E-state index >= 15 is 0 Å². The Hall–Kier alpha value is -1.09. The van der Waals surface area contributed by atoms with E-state index in [1.807, 2.05) is 6.20 Å². The number of anilines is 1. The molecule has 1 aliphatic heterocycles. The molecule has 1 unspecified atom stereocenters. The lowest BCUT2D eigenvalue weighted by molar-refractivity contribution is 0.187. The minimum atomic E-state index is 0.566. The smallest absolute Gasteiger partial charge is 0.125 e. The lowest BCUT2D eigenvalue weighted by atomic mass is 9.97. The topological polar surface area (TPSA) is 28.2 Å². The first-order valence-corrected chi connectivity index (χ1v) is 6.71. The standard InChI is InChI=1S/C14H23N3/c1-3-9-15-14-8-7-12(11-16-14)13-6-4-5-10-17(13)2/h7-8,11,13H,3-6,9-10H2,1-2H3,(H,15,16). The van der Waals surface area contributed by atoms with Gasteiger partial charge in [0.15, 0.2) is 0 Å². The van der Waals surface area contributed by atoms with Crippen LogP contribution < -0.4 is 5.32 Å². The van der Waals surface area contributed by atoms with E-state index in [1.54, 1.807) is 0 Å². The van der Waals surface area contributed by atoms with Crippen molar-refractivity contribution in [1.82, 2.24) is 9.88 Å². The van der Waals surface area contributed by atoms with E-state index < -0.39 is 0 Å². The summed E-state index contributed by atoms with van der Waals surface area (Å²) in [5.74, 6) is 0.995. The second-order valence-electron chi connectivity index (χ2n) is 4.90. The van der Waals surface area contributed by atoms with Crippen molar-refractivity contribution in [2.45, 2.75) is 38.6 Å². The summed E-state index contributed by atoms with van der Waals surface area (Å²) >= 11 is 0. The Morgan fingerprint density at radius 3 is 2.94 bits per heavy atom. The summed E-state index contributed by atoms with van der Waals surface area (Å²) in [7, 11) is 2.22. The Morgan fingerprint density at radius 1 is 1.41 bits per heavy atom. The molecule has 2 heterocycles. The van der Waals surface area contributed by atoms with Crippen molar-refractivity contribution >= 4 is 5.82 Å². The van der Waals surface area contributed by atoms with Crippen molar-refractivity contribution in [3.63, 3.8) is 0 Å². The average Bonchev–Trinajstić information content (AvgIpc) is 2.38. The van der Waals surface area contributed by atoms with Crippen LogP contribution in [0.4, 0.5) is 5.82 Å². The second kappa shape index (κ2) is 6.01. The van der Waals surface area contributed by atoms with Crippen LogP contribution in [-0.2, 0) is 0 Å². The highest BCUT2D eigenvalue weighted by Crippen LogP contribution is 2.29. The van der Waals surface area contributed by atoms with Gasteiger partial charge in [-0.25, -0.2) is 4.98 Å². The van der Waals surface area contributed by atoms with Crippen LogP contribution in [0.3, 0.4) is 0 Å². The number of nitrogens with one attached hydrogen (secondary N) is 1. The zero-order valence-corrected chi connectivity index (χ0v) is 10.9. The van der Waals surface area contributed by atoms with Crippen molar-refractivity contribution < 1.29 is 0 Å². The molecule has 3 nitrogen and oxygen atoms in total. The second-order valence-corrected chi connectivity index (χ2v) is 4.90. The largest absolute Gasteiger partial charge is 0.370 e. The fourth-order valence-corrected chi connectivity index (χ4v) is 2.46. The van der Waals surface area contributed by atoms with Crippen LogP contribution in [0, 0.1) is 0 Å². The first-order valence-electron chi connectivity index (χ1n) is 6.71. The van der Waals surface area contributed by atoms with Gasteiger partial charge in [-0.2, -0.15) is 0 Å². The average molecular weight is 233 g/mol. The fourth-order valence-electron chi connectivity index (χ4n) is 2.46. The van der Waals surface area contributed by atoms with Crippen LogP contribution in [0.25, 0.3) is 0 Å². The van der Waals surface area contributed by atoms with E-state index in [4.69, 9.17) is 0 Å². The van der Waals surface area contributed by atoms with Gasteiger partial charge in [-0.3, -0.25) is 4.90 Å². The molecule has 1 fully saturated rings. The Bertz CT molecular complexity index is 334. The number of piperidine rings is 1. The fraction of sp³-hybridized carbons (Fsp3) is 0.643. The van der Waals surface area contributed by atoms with Gasteiger partial charge in [0.25, 0.3) is 0 Å². The zero-order chi connectivity index (χ0) is 12.1. The lowest BCUT2D eigenvalue weighted by Gasteiger charge is -2.32. The third kappa shape index (κ3) is 3.19. The van der Waals surface area contributed by atoms with Gasteiger partial charge in [0.1, 0.15) is 5.82 Å². The first kappa shape index (κ1) is 12.4. The van der Waals surface area contributed by atoms with E-state index in [1.165, 1.54) is 31.4 Å². The summed E-state index contributed by atoms with van der Waals surface area (Å²) in [6.07, 6.45) is 7.10. The predicted molar refractivity (Wildman–Crippen MR) is 72.2 cm³/mol. The van der Waals surface area contributed by atoms with Gasteiger partial charge in [-0.1, -0.05) is 19.4 Å². The number of nitrogens with zero attached hydrogens (tertiary/aromatic N) is 2. The van der Waals surface area contributed by atoms with Gasteiger partial charge in [-0.15, -0.1) is 0 Å². The SMILES string of the molecule is CCCNc1ccc(C2CCCCN2C)cn1. The molecule has 94 valence electrons. The van der Waals surface area contributed by atoms with E-state index in [2.05, 4.69) is 41.3 Å². The summed E-state index contributed by atoms with van der Waals surface area (Å²) in [5.41, 5.74) is 1.36. The van der Waals surface area contributed by atoms with Gasteiger partial charge < -0.3 is 5.32 Å². The highest BCUT2D eigenvalue weighted by atomic mass is 15.1. The number of likely N-dealkylation sites (tertiary alicyclic amines) is 1. The lowest BCUT2D eigenvalue weighted by Crippen LogP contribution is -2.29. The molecule has 0 amide bonds. The molecule has 1 saturated heterocycles. The summed E-state index contributed by atoms with van der Waals surface area (Å²) in [5, 5.41) is 3.31. The van der Waals surface area contributed by atoms with Crippen molar-refractivity contribution in [3.8, 4) is 0 Å². The van der Waals surface area contributed by atoms with Gasteiger partial charge >= 0.3 is 0 Å². The maximum atomic E-state index is 4.49. The van der Waals surface area contributed by atoms with Gasteiger partial charge in [0.05, 0.1) is 0 Å². The Morgan fingerprint density at radius 2 is 2.29 bits per heavy atom. The number of hydrogen-bond acceptors (Lipinski definition) is 3. The summed E-state index contributed by atoms with van der Waals surface area (Å²) in [6, 6.07) is 4.89. The van der Waals surface area contributed by atoms with Crippen LogP contribution in [0.1, 0.15) is 44.2 Å². The third-order valence-electron chi connectivity index (χ3n) is 3.50. The molecular weight excluding hydrogens is 210 g/mol. The van der Waals surface area contributed by atoms with Crippen LogP contribution in [0.15, 0.2) is 18.3 Å². The molecule has 0 spiro atoms. The van der Waals surface area contributed by atoms with E-state index in [9.17, 15) is 0 Å². The quantitative estimate of drug-likeness (QED) is 0.866. The van der Waals surface area contributed by atoms with E-state index in [0.29, 0.717) is 6.04 Å². The molecule has 2 rings (SSSR count). The number of aromatic nitrogens is 1. The third-order valence-corrected chi connectivity index (χ3v) is 3.50. The summed E-state index contributed by atoms with van der Waals surface area (Å²) in [4.78, 5) is 6.93. The van der Waals surface area contributed by atoms with Crippen LogP contribution in [-0.4, -0.2) is 30.0 Å². The van der Waals surface area contributed by atoms with E-state index in [-0.39, 0.29) is 0 Å². The zero-order valence-electron chi connectivity index (χ0n) is 10.9. The van der Waals surface area contributed by atoms with Gasteiger partial charge in [0.2, 0.25) is 0 Å². The minimum absolute atomic E-state index is 0.566. The maximum Gasteiger partial charge on any atom is 0.125 e. The number of pyridine rings is 1. The molecule has 0 saturated carbocycles. The normalized spacial score (nSPS) is 21.4. The maximum absolute atomic E-state index is 4.49. The van der Waals surface area contributed by atoms with Crippen LogP contribution in [0.2, 0.25) is 0 Å². The molecule has 1 atom stereocenters. The predicted octanol–water partition coefficient (Wildman–Crippen LogP) is 3.06. The highest BCUT2D eigenvalue weighted by Gasteiger charge is 2.20. The van der Waals surface area contributed by atoms with Crippen LogP contribution in [0.5, 0.6) is 0 Å². The van der Waals surface area contributed by atoms with Gasteiger partial charge in [-0.05, 0) is 44.5 Å². The molecule has 1 aromatic heterocycles. The highest BCUT2D eigenvalue weighted by molar-refractivity contribution is 5.36. The van der Waals surface area contributed by atoms with Crippen molar-refractivity contribution in [1.29, 1.82) is 0 Å². The first-order chi connectivity index (χ1) is 8.31. The number of hydrogen-bond donors (Lipinski definition) is 1. The Balaban J connectivity index is 2.01. The molecule has 3 heteroatoms. The molecule has 0 aliphatic carbocycles. The molecule has 1 N–H and O–H groups in total. The van der Waals surface area contributed by atoms with Crippen molar-refractivity contribution in [3.05, 3.63) is 23.9 Å². The molecule has 0 radical (unpaired) electrons. The number of rotatable bonds is 4. The van der Waals surface area contributed by atoms with E-state index in [0.717, 1.165) is 18.8 Å².